The Bertz CT molecular complexity index is 732. The molecule has 5 heteroatoms. The monoisotopic (exact) mass is 386 g/mol. The summed E-state index contributed by atoms with van der Waals surface area (Å²) in [5, 5.41) is 3.53. The van der Waals surface area contributed by atoms with Gasteiger partial charge in [-0.1, -0.05) is 61.0 Å². The smallest absolute Gasteiger partial charge is 0.242 e. The summed E-state index contributed by atoms with van der Waals surface area (Å²) in [6.07, 6.45) is 1.88. The maximum absolute atomic E-state index is 12.9. The van der Waals surface area contributed by atoms with E-state index in [4.69, 9.17) is 11.6 Å². The van der Waals surface area contributed by atoms with E-state index in [-0.39, 0.29) is 11.8 Å². The minimum Gasteiger partial charge on any atom is -0.354 e. The van der Waals surface area contributed by atoms with E-state index in [1.165, 1.54) is 0 Å². The lowest BCUT2D eigenvalue weighted by Crippen LogP contribution is -2.47. The zero-order chi connectivity index (χ0) is 19.6. The highest BCUT2D eigenvalue weighted by atomic mass is 35.5. The van der Waals surface area contributed by atoms with Crippen LogP contribution in [-0.4, -0.2) is 29.3 Å². The molecule has 0 radical (unpaired) electrons. The highest BCUT2D eigenvalue weighted by Gasteiger charge is 2.25. The van der Waals surface area contributed by atoms with E-state index in [1.807, 2.05) is 49.4 Å². The van der Waals surface area contributed by atoms with Crippen molar-refractivity contribution in [1.82, 2.24) is 10.2 Å². The summed E-state index contributed by atoms with van der Waals surface area (Å²) in [6, 6.07) is 16.7. The fourth-order valence-corrected chi connectivity index (χ4v) is 2.93. The third kappa shape index (κ3) is 6.72. The van der Waals surface area contributed by atoms with E-state index in [9.17, 15) is 9.59 Å². The molecule has 0 unspecified atom stereocenters. The predicted molar refractivity (Wildman–Crippen MR) is 110 cm³/mol. The number of aryl methyl sites for hydroxylation is 1. The predicted octanol–water partition coefficient (Wildman–Crippen LogP) is 4.22. The van der Waals surface area contributed by atoms with Gasteiger partial charge in [0.15, 0.2) is 0 Å². The van der Waals surface area contributed by atoms with Crippen LogP contribution in [0.5, 0.6) is 0 Å². The van der Waals surface area contributed by atoms with Crippen molar-refractivity contribution < 1.29 is 9.59 Å². The molecular weight excluding hydrogens is 360 g/mol. The van der Waals surface area contributed by atoms with E-state index in [2.05, 4.69) is 5.32 Å². The Morgan fingerprint density at radius 2 is 1.70 bits per heavy atom. The molecule has 0 aliphatic heterocycles. The van der Waals surface area contributed by atoms with Crippen molar-refractivity contribution in [1.29, 1.82) is 0 Å². The Kier molecular flexibility index (Phi) is 8.34. The van der Waals surface area contributed by atoms with Gasteiger partial charge in [0.25, 0.3) is 0 Å². The number of nitrogens with zero attached hydrogens (tertiary/aromatic N) is 1. The van der Waals surface area contributed by atoms with Crippen LogP contribution in [-0.2, 0) is 22.6 Å². The number of hydrogen-bond donors (Lipinski definition) is 1. The Morgan fingerprint density at radius 3 is 2.33 bits per heavy atom. The van der Waals surface area contributed by atoms with Gasteiger partial charge in [0.05, 0.1) is 0 Å². The molecule has 2 rings (SSSR count). The normalized spacial score (nSPS) is 11.7. The van der Waals surface area contributed by atoms with Crippen LogP contribution >= 0.6 is 11.6 Å². The molecule has 27 heavy (non-hydrogen) atoms. The topological polar surface area (TPSA) is 49.4 Å². The van der Waals surface area contributed by atoms with E-state index in [0.717, 1.165) is 17.5 Å². The lowest BCUT2D eigenvalue weighted by atomic mass is 10.1. The summed E-state index contributed by atoms with van der Waals surface area (Å²) in [7, 11) is 0. The van der Waals surface area contributed by atoms with Crippen LogP contribution in [0.15, 0.2) is 54.6 Å². The molecule has 0 saturated heterocycles. The molecule has 0 bridgehead atoms. The summed E-state index contributed by atoms with van der Waals surface area (Å²) in [6.45, 7) is 4.77. The number of carbonyl (C=O) groups is 2. The number of benzene rings is 2. The maximum atomic E-state index is 12.9. The van der Waals surface area contributed by atoms with Gasteiger partial charge in [0.2, 0.25) is 11.8 Å². The van der Waals surface area contributed by atoms with Gasteiger partial charge >= 0.3 is 0 Å². The van der Waals surface area contributed by atoms with Crippen LogP contribution in [0.3, 0.4) is 0 Å². The molecule has 0 spiro atoms. The molecule has 0 heterocycles. The Morgan fingerprint density at radius 1 is 1.04 bits per heavy atom. The molecule has 0 aliphatic rings. The largest absolute Gasteiger partial charge is 0.354 e. The SMILES string of the molecule is CCCNC(=O)[C@H](C)N(Cc1ccc(Cl)cc1)C(=O)CCc1ccccc1. The summed E-state index contributed by atoms with van der Waals surface area (Å²) in [5.41, 5.74) is 2.06. The summed E-state index contributed by atoms with van der Waals surface area (Å²) in [5.74, 6) is -0.160. The molecular formula is C22H27ClN2O2. The first-order chi connectivity index (χ1) is 13.0. The standard InChI is InChI=1S/C22H27ClN2O2/c1-3-15-24-22(27)17(2)25(16-19-9-12-20(23)13-10-19)21(26)14-11-18-7-5-4-6-8-18/h4-10,12-13,17H,3,11,14-16H2,1-2H3,(H,24,27)/t17-/m0/s1. The Balaban J connectivity index is 2.10. The Hall–Kier alpha value is -2.33. The van der Waals surface area contributed by atoms with Crippen molar-refractivity contribution in [3.63, 3.8) is 0 Å². The summed E-state index contributed by atoms with van der Waals surface area (Å²) < 4.78 is 0. The van der Waals surface area contributed by atoms with Crippen molar-refractivity contribution >= 4 is 23.4 Å². The first-order valence-corrected chi connectivity index (χ1v) is 9.74. The molecule has 2 amide bonds. The fourth-order valence-electron chi connectivity index (χ4n) is 2.80. The van der Waals surface area contributed by atoms with Crippen LogP contribution in [0.1, 0.15) is 37.8 Å². The number of amides is 2. The van der Waals surface area contributed by atoms with Crippen molar-refractivity contribution in [2.45, 2.75) is 45.7 Å². The molecule has 0 aromatic heterocycles. The lowest BCUT2D eigenvalue weighted by Gasteiger charge is -2.29. The molecule has 2 aromatic carbocycles. The summed E-state index contributed by atoms with van der Waals surface area (Å²) >= 11 is 5.95. The molecule has 2 aromatic rings. The van der Waals surface area contributed by atoms with Gasteiger partial charge in [-0.05, 0) is 43.0 Å². The first-order valence-electron chi connectivity index (χ1n) is 9.36. The fraction of sp³-hybridized carbons (Fsp3) is 0.364. The zero-order valence-electron chi connectivity index (χ0n) is 16.0. The minimum atomic E-state index is -0.532. The van der Waals surface area contributed by atoms with Crippen molar-refractivity contribution in [2.24, 2.45) is 0 Å². The van der Waals surface area contributed by atoms with E-state index < -0.39 is 6.04 Å². The van der Waals surface area contributed by atoms with E-state index >= 15 is 0 Å². The van der Waals surface area contributed by atoms with Crippen LogP contribution in [0.2, 0.25) is 5.02 Å². The van der Waals surface area contributed by atoms with E-state index in [0.29, 0.717) is 31.0 Å². The van der Waals surface area contributed by atoms with Gasteiger partial charge in [0, 0.05) is 24.5 Å². The van der Waals surface area contributed by atoms with E-state index in [1.54, 1.807) is 24.0 Å². The molecule has 144 valence electrons. The van der Waals surface area contributed by atoms with Gasteiger partial charge < -0.3 is 10.2 Å². The molecule has 1 N–H and O–H groups in total. The molecule has 0 saturated carbocycles. The second-order valence-corrected chi connectivity index (χ2v) is 7.04. The van der Waals surface area contributed by atoms with Gasteiger partial charge in [0.1, 0.15) is 6.04 Å². The van der Waals surface area contributed by atoms with Crippen LogP contribution in [0.4, 0.5) is 0 Å². The molecule has 1 atom stereocenters. The molecule has 4 nitrogen and oxygen atoms in total. The summed E-state index contributed by atoms with van der Waals surface area (Å²) in [4.78, 5) is 27.0. The number of carbonyl (C=O) groups excluding carboxylic acids is 2. The maximum Gasteiger partial charge on any atom is 0.242 e. The second-order valence-electron chi connectivity index (χ2n) is 6.60. The van der Waals surface area contributed by atoms with Gasteiger partial charge in [-0.2, -0.15) is 0 Å². The van der Waals surface area contributed by atoms with Crippen LogP contribution < -0.4 is 5.32 Å². The number of hydrogen-bond acceptors (Lipinski definition) is 2. The highest BCUT2D eigenvalue weighted by Crippen LogP contribution is 2.15. The first kappa shape index (κ1) is 21.0. The van der Waals surface area contributed by atoms with Gasteiger partial charge in [-0.3, -0.25) is 9.59 Å². The van der Waals surface area contributed by atoms with Crippen molar-refractivity contribution in [2.75, 3.05) is 6.54 Å². The minimum absolute atomic E-state index is 0.0343. The highest BCUT2D eigenvalue weighted by molar-refractivity contribution is 6.30. The van der Waals surface area contributed by atoms with Gasteiger partial charge in [-0.25, -0.2) is 0 Å². The number of rotatable bonds is 9. The zero-order valence-corrected chi connectivity index (χ0v) is 16.7. The van der Waals surface area contributed by atoms with Crippen LogP contribution in [0, 0.1) is 0 Å². The second kappa shape index (κ2) is 10.7. The Labute approximate surface area is 166 Å². The molecule has 0 aliphatic carbocycles. The average Bonchev–Trinajstić information content (AvgIpc) is 2.70. The lowest BCUT2D eigenvalue weighted by molar-refractivity contribution is -0.140. The third-order valence-electron chi connectivity index (χ3n) is 4.45. The van der Waals surface area contributed by atoms with Gasteiger partial charge in [-0.15, -0.1) is 0 Å². The quantitative estimate of drug-likeness (QED) is 0.701. The third-order valence-corrected chi connectivity index (χ3v) is 4.71. The molecule has 0 fully saturated rings. The number of halogens is 1. The van der Waals surface area contributed by atoms with Crippen molar-refractivity contribution in [3.8, 4) is 0 Å². The van der Waals surface area contributed by atoms with Crippen molar-refractivity contribution in [3.05, 3.63) is 70.7 Å². The number of nitrogens with one attached hydrogen (secondary N) is 1. The average molecular weight is 387 g/mol. The van der Waals surface area contributed by atoms with Crippen LogP contribution in [0.25, 0.3) is 0 Å².